The van der Waals surface area contributed by atoms with Crippen molar-refractivity contribution in [1.82, 2.24) is 10.2 Å². The molecule has 0 bridgehead atoms. The molecule has 3 aromatic rings. The van der Waals surface area contributed by atoms with Crippen LogP contribution in [0.15, 0.2) is 72.8 Å². The largest absolute Gasteiger partial charge is 0.453 e. The fraction of sp³-hybridized carbons (Fsp3) is 0.429. The van der Waals surface area contributed by atoms with Gasteiger partial charge in [-0.3, -0.25) is 14.5 Å². The quantitative estimate of drug-likeness (QED) is 0.276. The van der Waals surface area contributed by atoms with Gasteiger partial charge in [0.2, 0.25) is 0 Å². The maximum atomic E-state index is 12.3. The van der Waals surface area contributed by atoms with Gasteiger partial charge < -0.3 is 29.7 Å². The summed E-state index contributed by atoms with van der Waals surface area (Å²) in [4.78, 5) is 25.8. The van der Waals surface area contributed by atoms with Crippen LogP contribution in [0.5, 0.6) is 0 Å². The van der Waals surface area contributed by atoms with Crippen LogP contribution in [0.3, 0.4) is 0 Å². The summed E-state index contributed by atoms with van der Waals surface area (Å²) in [5.74, 6) is -0.850. The molecule has 2 aliphatic heterocycles. The van der Waals surface area contributed by atoms with Crippen molar-refractivity contribution in [2.75, 3.05) is 19.7 Å². The summed E-state index contributed by atoms with van der Waals surface area (Å²) >= 11 is 0. The van der Waals surface area contributed by atoms with E-state index in [9.17, 15) is 19.8 Å². The minimum atomic E-state index is -0.858. The third-order valence-corrected chi connectivity index (χ3v) is 8.36. The molecule has 9 heteroatoms. The SMILES string of the molecule is CC(=O)O[C@@H](C)C(=O)NCc1cccc(-c2cccc([C@@H]3O[C@H](CN4CCC[C@H]4CO)C[C@H](c4ccc(CO)cc4)O3)c2)c1. The first-order chi connectivity index (χ1) is 21.3. The molecule has 2 heterocycles. The molecule has 9 nitrogen and oxygen atoms in total. The van der Waals surface area contributed by atoms with E-state index in [1.54, 1.807) is 6.92 Å². The summed E-state index contributed by atoms with van der Waals surface area (Å²) < 4.78 is 18.1. The summed E-state index contributed by atoms with van der Waals surface area (Å²) in [6, 6.07) is 24.1. The molecule has 2 aliphatic rings. The van der Waals surface area contributed by atoms with Crippen molar-refractivity contribution in [3.05, 3.63) is 95.1 Å². The van der Waals surface area contributed by atoms with Crippen LogP contribution in [0, 0.1) is 0 Å². The van der Waals surface area contributed by atoms with Crippen LogP contribution < -0.4 is 5.32 Å². The van der Waals surface area contributed by atoms with E-state index in [4.69, 9.17) is 14.2 Å². The number of hydrogen-bond donors (Lipinski definition) is 3. The Morgan fingerprint density at radius 2 is 1.73 bits per heavy atom. The van der Waals surface area contributed by atoms with Crippen molar-refractivity contribution in [3.8, 4) is 11.1 Å². The highest BCUT2D eigenvalue weighted by molar-refractivity contribution is 5.82. The lowest BCUT2D eigenvalue weighted by molar-refractivity contribution is -0.253. The van der Waals surface area contributed by atoms with E-state index in [1.165, 1.54) is 6.92 Å². The number of carbonyl (C=O) groups is 2. The van der Waals surface area contributed by atoms with E-state index in [0.717, 1.165) is 59.3 Å². The van der Waals surface area contributed by atoms with Crippen LogP contribution in [-0.2, 0) is 37.0 Å². The first-order valence-corrected chi connectivity index (χ1v) is 15.3. The van der Waals surface area contributed by atoms with Gasteiger partial charge in [0.1, 0.15) is 0 Å². The first kappa shape index (κ1) is 31.8. The van der Waals surface area contributed by atoms with Gasteiger partial charge in [-0.25, -0.2) is 0 Å². The number of nitrogens with one attached hydrogen (secondary N) is 1. The molecule has 0 unspecified atom stereocenters. The minimum absolute atomic E-state index is 0.00849. The summed E-state index contributed by atoms with van der Waals surface area (Å²) in [6.07, 6.45) is 1.03. The molecule has 234 valence electrons. The van der Waals surface area contributed by atoms with Gasteiger partial charge in [-0.05, 0) is 66.3 Å². The average Bonchev–Trinajstić information content (AvgIpc) is 3.50. The summed E-state index contributed by atoms with van der Waals surface area (Å²) in [5.41, 5.74) is 5.68. The van der Waals surface area contributed by atoms with Gasteiger partial charge in [0.25, 0.3) is 5.91 Å². The summed E-state index contributed by atoms with van der Waals surface area (Å²) in [5, 5.41) is 22.2. The second-order valence-electron chi connectivity index (χ2n) is 11.6. The van der Waals surface area contributed by atoms with Crippen molar-refractivity contribution < 1.29 is 34.0 Å². The molecule has 3 aromatic carbocycles. The maximum Gasteiger partial charge on any atom is 0.303 e. The number of aliphatic hydroxyl groups excluding tert-OH is 2. The van der Waals surface area contributed by atoms with Crippen molar-refractivity contribution in [1.29, 1.82) is 0 Å². The van der Waals surface area contributed by atoms with E-state index in [2.05, 4.69) is 16.3 Å². The normalized spacial score (nSPS) is 22.8. The molecule has 0 radical (unpaired) electrons. The second-order valence-corrected chi connectivity index (χ2v) is 11.6. The molecule has 0 aromatic heterocycles. The second kappa shape index (κ2) is 14.9. The standard InChI is InChI=1S/C35H42N2O7/c1-23(42-24(2)40)34(41)36-19-26-6-3-7-28(16-26)29-8-4-9-30(17-29)35-43-32(20-37-15-5-10-31(37)22-39)18-33(44-35)27-13-11-25(21-38)12-14-27/h3-4,6-9,11-14,16-17,23,31-33,35,38-39H,5,10,15,18-22H2,1-2H3,(H,36,41)/t23-,31-,32-,33+,35+/m0/s1. The Labute approximate surface area is 258 Å². The van der Waals surface area contributed by atoms with Crippen LogP contribution in [0.1, 0.15) is 67.8 Å². The Kier molecular flexibility index (Phi) is 10.8. The van der Waals surface area contributed by atoms with E-state index < -0.39 is 18.4 Å². The molecule has 44 heavy (non-hydrogen) atoms. The molecular formula is C35H42N2O7. The topological polar surface area (TPSA) is 118 Å². The van der Waals surface area contributed by atoms with E-state index in [0.29, 0.717) is 13.0 Å². The predicted molar refractivity (Wildman–Crippen MR) is 165 cm³/mol. The molecular weight excluding hydrogens is 560 g/mol. The molecule has 2 fully saturated rings. The number of rotatable bonds is 11. The van der Waals surface area contributed by atoms with Gasteiger partial charge in [0.15, 0.2) is 12.4 Å². The molecule has 3 N–H and O–H groups in total. The number of amides is 1. The lowest BCUT2D eigenvalue weighted by Crippen LogP contribution is -2.42. The van der Waals surface area contributed by atoms with Crippen LogP contribution in [0.4, 0.5) is 0 Å². The maximum absolute atomic E-state index is 12.3. The van der Waals surface area contributed by atoms with Gasteiger partial charge in [-0.2, -0.15) is 0 Å². The zero-order valence-electron chi connectivity index (χ0n) is 25.4. The number of benzene rings is 3. The predicted octanol–water partition coefficient (Wildman–Crippen LogP) is 4.42. The Bertz CT molecular complexity index is 1410. The smallest absolute Gasteiger partial charge is 0.303 e. The number of hydrogen-bond acceptors (Lipinski definition) is 8. The Balaban J connectivity index is 1.33. The number of nitrogens with zero attached hydrogens (tertiary/aromatic N) is 1. The van der Waals surface area contributed by atoms with E-state index in [1.807, 2.05) is 66.7 Å². The number of aliphatic hydroxyl groups is 2. The number of esters is 1. The number of ether oxygens (including phenoxy) is 3. The molecule has 5 atom stereocenters. The number of likely N-dealkylation sites (tertiary alicyclic amines) is 1. The molecule has 2 saturated heterocycles. The van der Waals surface area contributed by atoms with E-state index >= 15 is 0 Å². The van der Waals surface area contributed by atoms with E-state index in [-0.39, 0.29) is 37.4 Å². The molecule has 1 amide bonds. The van der Waals surface area contributed by atoms with Crippen molar-refractivity contribution in [3.63, 3.8) is 0 Å². The van der Waals surface area contributed by atoms with Gasteiger partial charge in [0, 0.05) is 38.0 Å². The number of carbonyl (C=O) groups excluding carboxylic acids is 2. The molecule has 0 saturated carbocycles. The molecule has 0 aliphatic carbocycles. The molecule has 5 rings (SSSR count). The lowest BCUT2D eigenvalue weighted by atomic mass is 9.98. The zero-order valence-corrected chi connectivity index (χ0v) is 25.4. The highest BCUT2D eigenvalue weighted by atomic mass is 16.7. The average molecular weight is 603 g/mol. The summed E-state index contributed by atoms with van der Waals surface area (Å²) in [7, 11) is 0. The van der Waals surface area contributed by atoms with Gasteiger partial charge in [-0.15, -0.1) is 0 Å². The Morgan fingerprint density at radius 1 is 0.977 bits per heavy atom. The fourth-order valence-corrected chi connectivity index (χ4v) is 6.00. The van der Waals surface area contributed by atoms with Crippen LogP contribution in [0.25, 0.3) is 11.1 Å². The first-order valence-electron chi connectivity index (χ1n) is 15.3. The van der Waals surface area contributed by atoms with Crippen molar-refractivity contribution in [2.24, 2.45) is 0 Å². The van der Waals surface area contributed by atoms with Gasteiger partial charge in [-0.1, -0.05) is 60.7 Å². The van der Waals surface area contributed by atoms with Gasteiger partial charge in [0.05, 0.1) is 25.4 Å². The Morgan fingerprint density at radius 3 is 2.45 bits per heavy atom. The molecule has 0 spiro atoms. The van der Waals surface area contributed by atoms with Gasteiger partial charge >= 0.3 is 5.97 Å². The monoisotopic (exact) mass is 602 g/mol. The highest BCUT2D eigenvalue weighted by Gasteiger charge is 2.35. The fourth-order valence-electron chi connectivity index (χ4n) is 6.00. The highest BCUT2D eigenvalue weighted by Crippen LogP contribution is 2.39. The Hall–Kier alpha value is -3.60. The summed E-state index contributed by atoms with van der Waals surface area (Å²) in [6.45, 7) is 4.93. The lowest BCUT2D eigenvalue weighted by Gasteiger charge is -2.38. The van der Waals surface area contributed by atoms with Crippen molar-refractivity contribution in [2.45, 2.75) is 76.9 Å². The van der Waals surface area contributed by atoms with Crippen LogP contribution in [0.2, 0.25) is 0 Å². The zero-order chi connectivity index (χ0) is 31.1. The minimum Gasteiger partial charge on any atom is -0.453 e. The van der Waals surface area contributed by atoms with Crippen molar-refractivity contribution >= 4 is 11.9 Å². The third kappa shape index (κ3) is 8.11. The van der Waals surface area contributed by atoms with Crippen LogP contribution >= 0.6 is 0 Å². The third-order valence-electron chi connectivity index (χ3n) is 8.36. The van der Waals surface area contributed by atoms with Crippen LogP contribution in [-0.4, -0.2) is 64.9 Å².